The van der Waals surface area contributed by atoms with Gasteiger partial charge in [-0.2, -0.15) is 42.9 Å². The number of H-pyrrole nitrogens is 2. The van der Waals surface area contributed by atoms with Gasteiger partial charge in [0.1, 0.15) is 31.8 Å². The number of thiol groups is 3. The normalized spacial score (nSPS) is 10.9. The van der Waals surface area contributed by atoms with Gasteiger partial charge >= 0.3 is 23.9 Å². The highest BCUT2D eigenvalue weighted by Gasteiger charge is 2.37. The summed E-state index contributed by atoms with van der Waals surface area (Å²) in [5.74, 6) is -3.51. The first-order chi connectivity index (χ1) is 15.6. The van der Waals surface area contributed by atoms with E-state index in [1.807, 2.05) is 0 Å². The van der Waals surface area contributed by atoms with Crippen molar-refractivity contribution < 1.29 is 38.1 Å². The van der Waals surface area contributed by atoms with E-state index in [1.54, 1.807) is 0 Å². The summed E-state index contributed by atoms with van der Waals surface area (Å²) in [5.41, 5.74) is -1.37. The van der Waals surface area contributed by atoms with E-state index in [0.717, 1.165) is 11.8 Å². The molecule has 0 spiro atoms. The van der Waals surface area contributed by atoms with E-state index in [2.05, 4.69) is 52.8 Å². The van der Waals surface area contributed by atoms with Crippen molar-refractivity contribution in [3.05, 3.63) is 9.54 Å². The fourth-order valence-corrected chi connectivity index (χ4v) is 3.45. The summed E-state index contributed by atoms with van der Waals surface area (Å²) in [6.45, 7) is -1.54. The number of rotatable bonds is 14. The molecule has 1 rings (SSSR count). The molecule has 11 nitrogen and oxygen atoms in total. The molecule has 0 bridgehead atoms. The van der Waals surface area contributed by atoms with Gasteiger partial charge in [-0.05, 0) is 24.4 Å². The van der Waals surface area contributed by atoms with Crippen molar-refractivity contribution in [2.24, 2.45) is 5.41 Å². The highest BCUT2D eigenvalue weighted by Crippen LogP contribution is 2.22. The summed E-state index contributed by atoms with van der Waals surface area (Å²) in [4.78, 5) is 56.5. The number of hydrogen-bond acceptors (Lipinski definition) is 15. The molecular weight excluding hydrogens is 555 g/mol. The molecule has 184 valence electrons. The first-order valence-electron chi connectivity index (χ1n) is 8.91. The lowest BCUT2D eigenvalue weighted by Crippen LogP contribution is -2.44. The van der Waals surface area contributed by atoms with Crippen LogP contribution in [0, 0.1) is 15.0 Å². The third-order valence-corrected chi connectivity index (χ3v) is 5.53. The Morgan fingerprint density at radius 2 is 1.21 bits per heavy atom. The zero-order valence-electron chi connectivity index (χ0n) is 16.9. The van der Waals surface area contributed by atoms with Crippen molar-refractivity contribution >= 4 is 98.0 Å². The van der Waals surface area contributed by atoms with Gasteiger partial charge < -0.3 is 28.9 Å². The third-order valence-electron chi connectivity index (χ3n) is 3.52. The summed E-state index contributed by atoms with van der Waals surface area (Å²) in [7, 11) is 0. The standard InChI is InChI=1S/C16H21N3O8S6/c20-9(1-28)24-5-16(6-25-10(21)2-29,7-26-11(22)3-30)8-27-12(23)4-33-15-18-13(31)17-14(32)19-15/h28-30H,1-8H2,(H2,17,18,19,31,32). The summed E-state index contributed by atoms with van der Waals surface area (Å²) in [5, 5.41) is 0.306. The lowest BCUT2D eigenvalue weighted by molar-refractivity contribution is -0.167. The Labute approximate surface area is 219 Å². The Kier molecular flexibility index (Phi) is 14.1. The molecule has 17 heteroatoms. The SMILES string of the molecule is O=C(CS)OCC(COC(=O)CS)(COC(=O)CS)COC(=O)CSc1nc(=S)[nH]c(=S)[nH]1. The number of thioether (sulfide) groups is 1. The number of aromatic amines is 2. The lowest BCUT2D eigenvalue weighted by Gasteiger charge is -2.31. The largest absolute Gasteiger partial charge is 0.464 e. The average molecular weight is 576 g/mol. The second kappa shape index (κ2) is 15.6. The number of hydrogen-bond donors (Lipinski definition) is 5. The van der Waals surface area contributed by atoms with Crippen molar-refractivity contribution in [1.29, 1.82) is 0 Å². The quantitative estimate of drug-likeness (QED) is 0.0714. The van der Waals surface area contributed by atoms with Crippen molar-refractivity contribution in [2.45, 2.75) is 5.16 Å². The summed E-state index contributed by atoms with van der Waals surface area (Å²) >= 11 is 22.4. The van der Waals surface area contributed by atoms with Crippen molar-refractivity contribution in [2.75, 3.05) is 49.4 Å². The predicted molar refractivity (Wildman–Crippen MR) is 133 cm³/mol. The van der Waals surface area contributed by atoms with Crippen LogP contribution in [0.25, 0.3) is 0 Å². The first-order valence-corrected chi connectivity index (χ1v) is 12.6. The number of esters is 4. The molecule has 0 aromatic carbocycles. The van der Waals surface area contributed by atoms with E-state index >= 15 is 0 Å². The highest BCUT2D eigenvalue weighted by atomic mass is 32.2. The van der Waals surface area contributed by atoms with Crippen LogP contribution in [0.15, 0.2) is 5.16 Å². The smallest absolute Gasteiger partial charge is 0.316 e. The minimum atomic E-state index is -1.37. The molecule has 0 atom stereocenters. The van der Waals surface area contributed by atoms with Gasteiger partial charge in [-0.25, -0.2) is 0 Å². The highest BCUT2D eigenvalue weighted by molar-refractivity contribution is 7.99. The maximum absolute atomic E-state index is 12.3. The number of aromatic nitrogens is 3. The third kappa shape index (κ3) is 12.1. The van der Waals surface area contributed by atoms with Gasteiger partial charge in [-0.3, -0.25) is 19.2 Å². The molecule has 2 N–H and O–H groups in total. The maximum Gasteiger partial charge on any atom is 0.316 e. The number of nitrogens with zero attached hydrogens (tertiary/aromatic N) is 1. The zero-order chi connectivity index (χ0) is 24.9. The summed E-state index contributed by atoms with van der Waals surface area (Å²) in [6, 6.07) is 0. The van der Waals surface area contributed by atoms with Crippen molar-refractivity contribution in [3.63, 3.8) is 0 Å². The molecule has 1 aromatic rings. The van der Waals surface area contributed by atoms with Crippen LogP contribution in [0.2, 0.25) is 0 Å². The number of ether oxygens (including phenoxy) is 4. The minimum absolute atomic E-state index is 0.150. The van der Waals surface area contributed by atoms with E-state index in [0.29, 0.717) is 5.16 Å². The van der Waals surface area contributed by atoms with Crippen LogP contribution < -0.4 is 0 Å². The van der Waals surface area contributed by atoms with Crippen LogP contribution >= 0.6 is 74.1 Å². The first kappa shape index (κ1) is 29.8. The van der Waals surface area contributed by atoms with Crippen LogP contribution in [0.4, 0.5) is 0 Å². The van der Waals surface area contributed by atoms with E-state index in [4.69, 9.17) is 43.4 Å². The number of carbonyl (C=O) groups excluding carboxylic acids is 4. The summed E-state index contributed by atoms with van der Waals surface area (Å²) in [6.07, 6.45) is 0. The Morgan fingerprint density at radius 3 is 1.61 bits per heavy atom. The van der Waals surface area contributed by atoms with E-state index in [-0.39, 0.29) is 52.4 Å². The molecule has 1 heterocycles. The topological polar surface area (TPSA) is 150 Å². The second-order valence-corrected chi connectivity index (χ2v) is 8.91. The minimum Gasteiger partial charge on any atom is -0.464 e. The summed E-state index contributed by atoms with van der Waals surface area (Å²) < 4.78 is 21.0. The molecule has 0 aliphatic heterocycles. The molecular formula is C16H21N3O8S6. The predicted octanol–water partition coefficient (Wildman–Crippen LogP) is 1.24. The average Bonchev–Trinajstić information content (AvgIpc) is 2.80. The Bertz CT molecular complexity index is 874. The molecule has 0 saturated heterocycles. The maximum atomic E-state index is 12.3. The van der Waals surface area contributed by atoms with Crippen LogP contribution in [-0.2, 0) is 38.1 Å². The van der Waals surface area contributed by atoms with Gasteiger partial charge in [-0.15, -0.1) is 0 Å². The van der Waals surface area contributed by atoms with Crippen LogP contribution in [0.5, 0.6) is 0 Å². The van der Waals surface area contributed by atoms with E-state index < -0.39 is 35.9 Å². The lowest BCUT2D eigenvalue weighted by atomic mass is 9.92. The Hall–Kier alpha value is -1.27. The Morgan fingerprint density at radius 1 is 0.788 bits per heavy atom. The van der Waals surface area contributed by atoms with E-state index in [9.17, 15) is 19.2 Å². The van der Waals surface area contributed by atoms with Gasteiger partial charge in [0.15, 0.2) is 9.93 Å². The molecule has 0 radical (unpaired) electrons. The fourth-order valence-electron chi connectivity index (χ4n) is 1.93. The molecule has 0 aliphatic rings. The number of nitrogens with one attached hydrogen (secondary N) is 2. The molecule has 0 saturated carbocycles. The zero-order valence-corrected chi connectivity index (χ0v) is 22.1. The van der Waals surface area contributed by atoms with Gasteiger partial charge in [0.05, 0.1) is 23.0 Å². The van der Waals surface area contributed by atoms with Crippen LogP contribution in [0.1, 0.15) is 0 Å². The van der Waals surface area contributed by atoms with E-state index in [1.165, 1.54) is 0 Å². The molecule has 0 fully saturated rings. The number of carbonyl (C=O) groups is 4. The van der Waals surface area contributed by atoms with Gasteiger partial charge in [-0.1, -0.05) is 11.8 Å². The van der Waals surface area contributed by atoms with Crippen LogP contribution in [0.3, 0.4) is 0 Å². The fraction of sp³-hybridized carbons (Fsp3) is 0.562. The van der Waals surface area contributed by atoms with Gasteiger partial charge in [0.25, 0.3) is 0 Å². The van der Waals surface area contributed by atoms with Crippen LogP contribution in [-0.4, -0.2) is 88.3 Å². The van der Waals surface area contributed by atoms with Gasteiger partial charge in [0, 0.05) is 0 Å². The van der Waals surface area contributed by atoms with Crippen molar-refractivity contribution in [1.82, 2.24) is 15.0 Å². The molecule has 0 unspecified atom stereocenters. The molecule has 0 aliphatic carbocycles. The molecule has 0 amide bonds. The molecule has 33 heavy (non-hydrogen) atoms. The molecule has 1 aromatic heterocycles. The monoisotopic (exact) mass is 575 g/mol. The van der Waals surface area contributed by atoms with Crippen molar-refractivity contribution in [3.8, 4) is 0 Å². The second-order valence-electron chi connectivity index (χ2n) is 6.21. The Balaban J connectivity index is 2.91. The van der Waals surface area contributed by atoms with Gasteiger partial charge in [0.2, 0.25) is 4.77 Å².